The fourth-order valence-electron chi connectivity index (χ4n) is 6.23. The molecule has 2 aliphatic rings. The van der Waals surface area contributed by atoms with Crippen LogP contribution < -0.4 is 4.90 Å². The summed E-state index contributed by atoms with van der Waals surface area (Å²) in [7, 11) is 0. The molecule has 2 aromatic carbocycles. The second-order valence-corrected chi connectivity index (χ2v) is 11.3. The number of hydrogen-bond donors (Lipinski definition) is 0. The lowest BCUT2D eigenvalue weighted by Crippen LogP contribution is -2.41. The number of allylic oxidation sites excluding steroid dienone is 2. The smallest absolute Gasteiger partial charge is 0.230 e. The van der Waals surface area contributed by atoms with E-state index in [1.807, 2.05) is 13.0 Å². The minimum Gasteiger partial charge on any atom is -0.312 e. The molecule has 0 radical (unpaired) electrons. The van der Waals surface area contributed by atoms with Crippen LogP contribution in [-0.2, 0) is 11.2 Å². The first kappa shape index (κ1) is 26.5. The van der Waals surface area contributed by atoms with Gasteiger partial charge in [0.2, 0.25) is 5.91 Å². The molecule has 2 aliphatic carbocycles. The monoisotopic (exact) mass is 483 g/mol. The predicted molar refractivity (Wildman–Crippen MR) is 154 cm³/mol. The Morgan fingerprint density at radius 2 is 1.75 bits per heavy atom. The van der Waals surface area contributed by atoms with E-state index in [-0.39, 0.29) is 5.92 Å². The van der Waals surface area contributed by atoms with Crippen LogP contribution in [0, 0.1) is 18.8 Å². The number of carbonyl (C=O) groups excluding carboxylic acids is 1. The summed E-state index contributed by atoms with van der Waals surface area (Å²) in [6, 6.07) is 15.6. The number of hydrogen-bond acceptors (Lipinski definition) is 1. The normalized spacial score (nSPS) is 21.0. The molecule has 36 heavy (non-hydrogen) atoms. The Labute approximate surface area is 219 Å². The van der Waals surface area contributed by atoms with Gasteiger partial charge in [-0.2, -0.15) is 0 Å². The number of aryl methyl sites for hydroxylation is 2. The van der Waals surface area contributed by atoms with Gasteiger partial charge in [0.15, 0.2) is 0 Å². The molecule has 192 valence electrons. The molecule has 2 aromatic rings. The Balaban J connectivity index is 1.48. The molecule has 1 amide bonds. The van der Waals surface area contributed by atoms with Crippen molar-refractivity contribution in [3.05, 3.63) is 82.9 Å². The van der Waals surface area contributed by atoms with E-state index in [0.717, 1.165) is 42.6 Å². The van der Waals surface area contributed by atoms with Gasteiger partial charge < -0.3 is 4.90 Å². The third kappa shape index (κ3) is 6.78. The topological polar surface area (TPSA) is 20.3 Å². The average Bonchev–Trinajstić information content (AvgIpc) is 2.91. The fraction of sp³-hybridized carbons (Fsp3) is 0.500. The van der Waals surface area contributed by atoms with E-state index in [4.69, 9.17) is 0 Å². The van der Waals surface area contributed by atoms with Crippen LogP contribution in [-0.4, -0.2) is 12.5 Å². The Bertz CT molecular complexity index is 1070. The van der Waals surface area contributed by atoms with Gasteiger partial charge in [-0.05, 0) is 105 Å². The summed E-state index contributed by atoms with van der Waals surface area (Å²) in [6.45, 7) is 11.3. The van der Waals surface area contributed by atoms with Gasteiger partial charge in [-0.25, -0.2) is 0 Å². The molecule has 0 N–H and O–H groups in total. The van der Waals surface area contributed by atoms with Crippen molar-refractivity contribution in [2.45, 2.75) is 90.9 Å². The molecule has 2 saturated carbocycles. The summed E-state index contributed by atoms with van der Waals surface area (Å²) in [6.07, 6.45) is 15.8. The summed E-state index contributed by atoms with van der Waals surface area (Å²) in [4.78, 5) is 16.0. The molecule has 0 atom stereocenters. The zero-order valence-electron chi connectivity index (χ0n) is 22.8. The minimum absolute atomic E-state index is 0.185. The molecule has 0 aromatic heterocycles. The first-order valence-electron chi connectivity index (χ1n) is 14.3. The third-order valence-corrected chi connectivity index (χ3v) is 8.47. The highest BCUT2D eigenvalue weighted by atomic mass is 16.2. The van der Waals surface area contributed by atoms with Crippen LogP contribution in [0.1, 0.15) is 99.8 Å². The molecule has 2 fully saturated rings. The highest BCUT2D eigenvalue weighted by Gasteiger charge is 2.31. The predicted octanol–water partition coefficient (Wildman–Crippen LogP) is 9.03. The maximum Gasteiger partial charge on any atom is 0.230 e. The molecule has 0 bridgehead atoms. The number of anilines is 1. The summed E-state index contributed by atoms with van der Waals surface area (Å²) in [5.74, 6) is 1.76. The highest BCUT2D eigenvalue weighted by Crippen LogP contribution is 2.38. The highest BCUT2D eigenvalue weighted by molar-refractivity contribution is 5.95. The maximum absolute atomic E-state index is 13.8. The lowest BCUT2D eigenvalue weighted by Gasteiger charge is -2.35. The summed E-state index contributed by atoms with van der Waals surface area (Å²) >= 11 is 0. The Kier molecular flexibility index (Phi) is 9.24. The number of rotatable bonds is 8. The fourth-order valence-corrected chi connectivity index (χ4v) is 6.23. The molecule has 2 heteroatoms. The third-order valence-electron chi connectivity index (χ3n) is 8.47. The van der Waals surface area contributed by atoms with Crippen molar-refractivity contribution in [3.8, 4) is 0 Å². The Hall–Kier alpha value is -2.61. The van der Waals surface area contributed by atoms with Gasteiger partial charge in [0, 0.05) is 18.2 Å². The van der Waals surface area contributed by atoms with E-state index >= 15 is 0 Å². The van der Waals surface area contributed by atoms with Crippen LogP contribution in [0.4, 0.5) is 5.69 Å². The summed E-state index contributed by atoms with van der Waals surface area (Å²) in [5.41, 5.74) is 7.63. The van der Waals surface area contributed by atoms with Crippen molar-refractivity contribution >= 4 is 17.7 Å². The number of nitrogens with zero attached hydrogens (tertiary/aromatic N) is 1. The largest absolute Gasteiger partial charge is 0.312 e. The minimum atomic E-state index is 0.185. The van der Waals surface area contributed by atoms with E-state index in [1.54, 1.807) is 0 Å². The zero-order valence-corrected chi connectivity index (χ0v) is 22.8. The van der Waals surface area contributed by atoms with Crippen LogP contribution in [0.3, 0.4) is 0 Å². The van der Waals surface area contributed by atoms with Gasteiger partial charge >= 0.3 is 0 Å². The SMILES string of the molecule is C=C(C)/C=C/c1cccc(N(CC2CCC(c3ccc(CC)c(C)c3)CC2)C(=O)C2CCCCC2)c1. The van der Waals surface area contributed by atoms with Gasteiger partial charge in [-0.3, -0.25) is 4.79 Å². The number of carbonyl (C=O) groups is 1. The lowest BCUT2D eigenvalue weighted by atomic mass is 9.77. The molecule has 0 saturated heterocycles. The van der Waals surface area contributed by atoms with Crippen LogP contribution >= 0.6 is 0 Å². The van der Waals surface area contributed by atoms with E-state index < -0.39 is 0 Å². The van der Waals surface area contributed by atoms with Crippen molar-refractivity contribution in [2.75, 3.05) is 11.4 Å². The number of benzene rings is 2. The first-order chi connectivity index (χ1) is 17.4. The van der Waals surface area contributed by atoms with E-state index in [2.05, 4.69) is 73.9 Å². The number of amides is 1. The Morgan fingerprint density at radius 3 is 2.42 bits per heavy atom. The van der Waals surface area contributed by atoms with E-state index in [9.17, 15) is 4.79 Å². The average molecular weight is 484 g/mol. The van der Waals surface area contributed by atoms with E-state index in [0.29, 0.717) is 17.7 Å². The summed E-state index contributed by atoms with van der Waals surface area (Å²) in [5, 5.41) is 0. The maximum atomic E-state index is 13.8. The van der Waals surface area contributed by atoms with Gasteiger partial charge in [0.25, 0.3) is 0 Å². The van der Waals surface area contributed by atoms with Crippen LogP contribution in [0.25, 0.3) is 6.08 Å². The molecule has 0 aliphatic heterocycles. The molecule has 4 rings (SSSR count). The van der Waals surface area contributed by atoms with Crippen molar-refractivity contribution in [1.82, 2.24) is 0 Å². The van der Waals surface area contributed by atoms with Gasteiger partial charge in [-0.15, -0.1) is 0 Å². The lowest BCUT2D eigenvalue weighted by molar-refractivity contribution is -0.123. The Morgan fingerprint density at radius 1 is 1.00 bits per heavy atom. The van der Waals surface area contributed by atoms with Gasteiger partial charge in [0.1, 0.15) is 0 Å². The van der Waals surface area contributed by atoms with Crippen molar-refractivity contribution < 1.29 is 4.79 Å². The second-order valence-electron chi connectivity index (χ2n) is 11.3. The van der Waals surface area contributed by atoms with Crippen LogP contribution in [0.2, 0.25) is 0 Å². The van der Waals surface area contributed by atoms with Crippen molar-refractivity contribution in [1.29, 1.82) is 0 Å². The molecular weight excluding hydrogens is 438 g/mol. The van der Waals surface area contributed by atoms with E-state index in [1.165, 1.54) is 61.6 Å². The molecule has 0 spiro atoms. The standard InChI is InChI=1S/C34H45NO/c1-5-29-20-21-32(22-26(29)4)30-18-16-28(17-19-30)24-35(34(36)31-11-7-6-8-12-31)33-13-9-10-27(23-33)15-14-25(2)3/h9-10,13-15,20-23,28,30-31H,2,5-8,11-12,16-19,24H2,1,3-4H3/b15-14+. The quantitative estimate of drug-likeness (QED) is 0.343. The molecule has 0 unspecified atom stereocenters. The molecule has 2 nitrogen and oxygen atoms in total. The van der Waals surface area contributed by atoms with Crippen molar-refractivity contribution in [3.63, 3.8) is 0 Å². The van der Waals surface area contributed by atoms with Crippen LogP contribution in [0.15, 0.2) is 60.7 Å². The van der Waals surface area contributed by atoms with Gasteiger partial charge in [0.05, 0.1) is 0 Å². The van der Waals surface area contributed by atoms with Crippen molar-refractivity contribution in [2.24, 2.45) is 11.8 Å². The molecular formula is C34H45NO. The molecule has 0 heterocycles. The van der Waals surface area contributed by atoms with Gasteiger partial charge in [-0.1, -0.05) is 80.8 Å². The second kappa shape index (κ2) is 12.6. The zero-order chi connectivity index (χ0) is 25.5. The summed E-state index contributed by atoms with van der Waals surface area (Å²) < 4.78 is 0. The van der Waals surface area contributed by atoms with Crippen LogP contribution in [0.5, 0.6) is 0 Å². The first-order valence-corrected chi connectivity index (χ1v) is 14.3.